The Morgan fingerprint density at radius 2 is 1.55 bits per heavy atom. The van der Waals surface area contributed by atoms with Crippen LogP contribution in [0.15, 0.2) is 80.8 Å². The van der Waals surface area contributed by atoms with E-state index in [1.165, 1.54) is 38.1 Å². The monoisotopic (exact) mass is 409 g/mol. The van der Waals surface area contributed by atoms with E-state index >= 15 is 0 Å². The van der Waals surface area contributed by atoms with Gasteiger partial charge in [-0.2, -0.15) is 12.8 Å². The smallest absolute Gasteiger partial charge is 0.282 e. The Balaban J connectivity index is 2.26. The van der Waals surface area contributed by atoms with E-state index in [1.807, 2.05) is 6.92 Å². The van der Waals surface area contributed by atoms with Crippen LogP contribution in [0.2, 0.25) is 0 Å². The topological polar surface area (TPSA) is 101 Å². The second-order valence-electron chi connectivity index (χ2n) is 6.71. The maximum Gasteiger partial charge on any atom is 0.282 e. The van der Waals surface area contributed by atoms with Gasteiger partial charge in [-0.25, -0.2) is 0 Å². The number of nitrogens with zero attached hydrogens (tertiary/aromatic N) is 1. The fourth-order valence-corrected chi connectivity index (χ4v) is 4.12. The van der Waals surface area contributed by atoms with Gasteiger partial charge in [-0.3, -0.25) is 9.59 Å². The second-order valence-corrected chi connectivity index (χ2v) is 8.32. The third kappa shape index (κ3) is 3.95. The van der Waals surface area contributed by atoms with Crippen LogP contribution < -0.4 is 0 Å². The number of carbonyl (C=O) groups excluding carboxylic acids is 2. The van der Waals surface area contributed by atoms with Crippen molar-refractivity contribution in [2.45, 2.75) is 25.7 Å². The van der Waals surface area contributed by atoms with E-state index in [0.29, 0.717) is 5.56 Å². The van der Waals surface area contributed by atoms with Gasteiger partial charge in [0.05, 0.1) is 16.2 Å². The number of ketones is 2. The molecule has 1 aliphatic carbocycles. The van der Waals surface area contributed by atoms with Crippen molar-refractivity contribution in [3.8, 4) is 0 Å². The molecule has 29 heavy (non-hydrogen) atoms. The van der Waals surface area contributed by atoms with Crippen LogP contribution in [0.5, 0.6) is 0 Å². The van der Waals surface area contributed by atoms with E-state index < -0.39 is 21.6 Å². The molecular weight excluding hydrogens is 390 g/mol. The summed E-state index contributed by atoms with van der Waals surface area (Å²) in [6.45, 7) is 4.36. The molecule has 0 spiro atoms. The zero-order chi connectivity index (χ0) is 21.3. The predicted octanol–water partition coefficient (Wildman–Crippen LogP) is 3.72. The summed E-state index contributed by atoms with van der Waals surface area (Å²) in [5, 5.41) is 9.93. The molecule has 0 aromatic heterocycles. The summed E-state index contributed by atoms with van der Waals surface area (Å²) in [5.41, 5.74) is 1.23. The predicted molar refractivity (Wildman–Crippen MR) is 110 cm³/mol. The highest BCUT2D eigenvalue weighted by molar-refractivity contribution is 7.90. The molecule has 0 heterocycles. The van der Waals surface area contributed by atoms with Crippen molar-refractivity contribution in [2.75, 3.05) is 0 Å². The van der Waals surface area contributed by atoms with Crippen molar-refractivity contribution in [1.29, 1.82) is 0 Å². The van der Waals surface area contributed by atoms with Crippen LogP contribution in [0.4, 0.5) is 0 Å². The zero-order valence-electron chi connectivity index (χ0n) is 16.1. The summed E-state index contributed by atoms with van der Waals surface area (Å²) < 4.78 is 29.6. The van der Waals surface area contributed by atoms with Crippen molar-refractivity contribution in [2.24, 2.45) is 4.40 Å². The molecule has 148 valence electrons. The Morgan fingerprint density at radius 3 is 2.10 bits per heavy atom. The average molecular weight is 409 g/mol. The Hall–Kier alpha value is -3.32. The number of aryl methyl sites for hydroxylation is 1. The van der Waals surface area contributed by atoms with Gasteiger partial charge in [0.15, 0.2) is 11.6 Å². The number of rotatable bonds is 4. The maximum absolute atomic E-state index is 12.9. The highest BCUT2D eigenvalue weighted by Gasteiger charge is 2.30. The Bertz CT molecular complexity index is 1210. The number of hydrogen-bond donors (Lipinski definition) is 1. The number of aliphatic hydroxyl groups is 1. The minimum atomic E-state index is -4.06. The van der Waals surface area contributed by atoms with Crippen LogP contribution >= 0.6 is 0 Å². The van der Waals surface area contributed by atoms with E-state index in [-0.39, 0.29) is 33.1 Å². The SMILES string of the molecule is CC(=O)/C(C1=C/C(=N\S(=O)(=O)c2ccc(C)cc2)c2ccccc2C1=O)=C(\C)O. The third-order valence-electron chi connectivity index (χ3n) is 4.49. The van der Waals surface area contributed by atoms with Crippen LogP contribution in [-0.4, -0.2) is 30.8 Å². The highest BCUT2D eigenvalue weighted by atomic mass is 32.2. The van der Waals surface area contributed by atoms with E-state index in [4.69, 9.17) is 0 Å². The van der Waals surface area contributed by atoms with Crippen LogP contribution in [0.1, 0.15) is 35.3 Å². The standard InChI is InChI=1S/C22H19NO5S/c1-13-8-10-16(11-9-13)29(27,28)23-20-12-19(21(14(2)24)15(3)25)22(26)18-7-5-4-6-17(18)20/h4-12,24H,1-3H3/b21-14-,23-20+. The first-order chi connectivity index (χ1) is 13.6. The zero-order valence-corrected chi connectivity index (χ0v) is 16.9. The summed E-state index contributed by atoms with van der Waals surface area (Å²) in [6, 6.07) is 12.7. The number of benzene rings is 2. The number of fused-ring (bicyclic) bond motifs is 1. The number of allylic oxidation sites excluding steroid dienone is 4. The van der Waals surface area contributed by atoms with Crippen LogP contribution in [0.3, 0.4) is 0 Å². The second kappa shape index (κ2) is 7.60. The molecule has 1 aliphatic rings. The first-order valence-electron chi connectivity index (χ1n) is 8.80. The Labute approximate surface area is 169 Å². The van der Waals surface area contributed by atoms with Crippen LogP contribution in [-0.2, 0) is 14.8 Å². The lowest BCUT2D eigenvalue weighted by Gasteiger charge is -2.18. The molecule has 3 rings (SSSR count). The molecule has 2 aromatic rings. The van der Waals surface area contributed by atoms with Gasteiger partial charge in [0, 0.05) is 16.7 Å². The molecule has 0 radical (unpaired) electrons. The summed E-state index contributed by atoms with van der Waals surface area (Å²) >= 11 is 0. The first kappa shape index (κ1) is 20.4. The number of aliphatic hydroxyl groups excluding tert-OH is 1. The highest BCUT2D eigenvalue weighted by Crippen LogP contribution is 2.29. The molecule has 0 bridgehead atoms. The van der Waals surface area contributed by atoms with Gasteiger partial charge in [0.25, 0.3) is 10.0 Å². The number of sulfonamides is 1. The van der Waals surface area contributed by atoms with Crippen molar-refractivity contribution in [1.82, 2.24) is 0 Å². The molecular formula is C22H19NO5S. The van der Waals surface area contributed by atoms with Gasteiger partial charge in [-0.15, -0.1) is 0 Å². The van der Waals surface area contributed by atoms with E-state index in [0.717, 1.165) is 5.56 Å². The molecule has 1 N–H and O–H groups in total. The Morgan fingerprint density at radius 1 is 0.966 bits per heavy atom. The molecule has 7 heteroatoms. The molecule has 6 nitrogen and oxygen atoms in total. The summed E-state index contributed by atoms with van der Waals surface area (Å²) in [7, 11) is -4.06. The number of hydrogen-bond acceptors (Lipinski definition) is 5. The number of Topliss-reactive ketones (excluding diaryl/α,β-unsaturated/α-hetero) is 2. The van der Waals surface area contributed by atoms with Gasteiger partial charge < -0.3 is 5.11 Å². The summed E-state index contributed by atoms with van der Waals surface area (Å²) in [4.78, 5) is 24.9. The van der Waals surface area contributed by atoms with Crippen molar-refractivity contribution in [3.63, 3.8) is 0 Å². The van der Waals surface area contributed by atoms with Gasteiger partial charge >= 0.3 is 0 Å². The Kier molecular flexibility index (Phi) is 5.35. The van der Waals surface area contributed by atoms with Crippen molar-refractivity contribution >= 4 is 27.3 Å². The third-order valence-corrected chi connectivity index (χ3v) is 5.80. The lowest BCUT2D eigenvalue weighted by atomic mass is 9.84. The van der Waals surface area contributed by atoms with Crippen molar-refractivity contribution in [3.05, 3.63) is 88.2 Å². The minimum Gasteiger partial charge on any atom is -0.512 e. The number of carbonyl (C=O) groups is 2. The molecule has 0 amide bonds. The average Bonchev–Trinajstić information content (AvgIpc) is 2.65. The van der Waals surface area contributed by atoms with Gasteiger partial charge in [0.2, 0.25) is 0 Å². The van der Waals surface area contributed by atoms with Crippen LogP contribution in [0.25, 0.3) is 0 Å². The van der Waals surface area contributed by atoms with Gasteiger partial charge in [-0.05, 0) is 39.0 Å². The fraction of sp³-hybridized carbons (Fsp3) is 0.136. The minimum absolute atomic E-state index is 0.0144. The van der Waals surface area contributed by atoms with E-state index in [9.17, 15) is 23.1 Å². The molecule has 0 fully saturated rings. The molecule has 0 aliphatic heterocycles. The van der Waals surface area contributed by atoms with Gasteiger partial charge in [0.1, 0.15) is 5.76 Å². The molecule has 0 saturated heterocycles. The fourth-order valence-electron chi connectivity index (χ4n) is 3.12. The van der Waals surface area contributed by atoms with Gasteiger partial charge in [-0.1, -0.05) is 42.0 Å². The van der Waals surface area contributed by atoms with E-state index in [2.05, 4.69) is 4.40 Å². The normalized spacial score (nSPS) is 16.2. The maximum atomic E-state index is 12.9. The first-order valence-corrected chi connectivity index (χ1v) is 10.2. The lowest BCUT2D eigenvalue weighted by molar-refractivity contribution is -0.113. The molecule has 0 saturated carbocycles. The largest absolute Gasteiger partial charge is 0.512 e. The summed E-state index contributed by atoms with van der Waals surface area (Å²) in [6.07, 6.45) is 1.24. The quantitative estimate of drug-likeness (QED) is 0.613. The molecule has 2 aromatic carbocycles. The van der Waals surface area contributed by atoms with Crippen molar-refractivity contribution < 1.29 is 23.1 Å². The lowest BCUT2D eigenvalue weighted by Crippen LogP contribution is -2.22. The molecule has 0 unspecified atom stereocenters. The summed E-state index contributed by atoms with van der Waals surface area (Å²) in [5.74, 6) is -1.31. The van der Waals surface area contributed by atoms with E-state index in [1.54, 1.807) is 30.3 Å². The van der Waals surface area contributed by atoms with Crippen LogP contribution in [0, 0.1) is 6.92 Å². The molecule has 0 atom stereocenters.